The molecule has 1 heterocycles. The number of amides is 3. The third-order valence-corrected chi connectivity index (χ3v) is 4.14. The summed E-state index contributed by atoms with van der Waals surface area (Å²) in [6.07, 6.45) is 0. The van der Waals surface area contributed by atoms with Crippen LogP contribution in [0, 0.1) is 17.5 Å². The van der Waals surface area contributed by atoms with Crippen molar-refractivity contribution in [2.24, 2.45) is 0 Å². The van der Waals surface area contributed by atoms with Crippen molar-refractivity contribution in [2.75, 3.05) is 11.9 Å². The molecule has 1 atom stereocenters. The minimum atomic E-state index is -0.774. The van der Waals surface area contributed by atoms with E-state index in [2.05, 4.69) is 10.6 Å². The molecule has 0 fully saturated rings. The number of nitrogens with zero attached hydrogens (tertiary/aromatic N) is 1. The number of nitrogens with one attached hydrogen (secondary N) is 2. The number of hydrogen-bond acceptors (Lipinski definition) is 2. The summed E-state index contributed by atoms with van der Waals surface area (Å²) in [6.45, 7) is 1.16. The molecule has 0 spiro atoms. The standard InChI is InChI=1S/C18H16F3N3O2/c1-10(12-6-5-11(19)7-15(12)21)22-17(25)9-24-8-13-14(20)3-2-4-16(13)23-18(24)26/h2-7,10H,8-9H2,1H3,(H,22,25)(H,23,26)/t10-/m0/s1. The number of hydrogen-bond donors (Lipinski definition) is 2. The van der Waals surface area contributed by atoms with Gasteiger partial charge in [0.15, 0.2) is 0 Å². The van der Waals surface area contributed by atoms with Crippen molar-refractivity contribution in [1.82, 2.24) is 10.2 Å². The molecule has 8 heteroatoms. The van der Waals surface area contributed by atoms with Crippen molar-refractivity contribution in [3.8, 4) is 0 Å². The summed E-state index contributed by atoms with van der Waals surface area (Å²) in [5.41, 5.74) is 0.783. The Morgan fingerprint density at radius 3 is 2.73 bits per heavy atom. The number of fused-ring (bicyclic) bond motifs is 1. The highest BCUT2D eigenvalue weighted by Gasteiger charge is 2.27. The third-order valence-electron chi connectivity index (χ3n) is 4.14. The highest BCUT2D eigenvalue weighted by Crippen LogP contribution is 2.25. The van der Waals surface area contributed by atoms with E-state index in [1.54, 1.807) is 13.0 Å². The highest BCUT2D eigenvalue weighted by molar-refractivity contribution is 5.94. The molecule has 136 valence electrons. The molecule has 0 saturated heterocycles. The Hall–Kier alpha value is -3.03. The smallest absolute Gasteiger partial charge is 0.322 e. The molecule has 3 amide bonds. The van der Waals surface area contributed by atoms with Crippen LogP contribution in [0.15, 0.2) is 36.4 Å². The van der Waals surface area contributed by atoms with Crippen LogP contribution in [0.5, 0.6) is 0 Å². The molecule has 2 aromatic rings. The molecule has 3 rings (SSSR count). The zero-order chi connectivity index (χ0) is 18.8. The molecule has 0 aromatic heterocycles. The van der Waals surface area contributed by atoms with Crippen molar-refractivity contribution >= 4 is 17.6 Å². The Balaban J connectivity index is 1.66. The lowest BCUT2D eigenvalue weighted by Crippen LogP contribution is -2.45. The van der Waals surface area contributed by atoms with Gasteiger partial charge in [0.2, 0.25) is 5.91 Å². The van der Waals surface area contributed by atoms with Crippen molar-refractivity contribution in [2.45, 2.75) is 19.5 Å². The zero-order valence-electron chi connectivity index (χ0n) is 13.9. The lowest BCUT2D eigenvalue weighted by atomic mass is 10.1. The topological polar surface area (TPSA) is 61.4 Å². The minimum Gasteiger partial charge on any atom is -0.348 e. The molecule has 1 aliphatic heterocycles. The quantitative estimate of drug-likeness (QED) is 0.875. The van der Waals surface area contributed by atoms with E-state index in [0.717, 1.165) is 17.0 Å². The van der Waals surface area contributed by atoms with Crippen LogP contribution < -0.4 is 10.6 Å². The molecule has 2 N–H and O–H groups in total. The predicted octanol–water partition coefficient (Wildman–Crippen LogP) is 3.33. The Labute approximate surface area is 147 Å². The van der Waals surface area contributed by atoms with Crippen molar-refractivity contribution in [3.63, 3.8) is 0 Å². The second kappa shape index (κ2) is 7.07. The van der Waals surface area contributed by atoms with Gasteiger partial charge in [0.1, 0.15) is 24.0 Å². The van der Waals surface area contributed by atoms with Crippen LogP contribution >= 0.6 is 0 Å². The van der Waals surface area contributed by atoms with Crippen molar-refractivity contribution < 1.29 is 22.8 Å². The fraction of sp³-hybridized carbons (Fsp3) is 0.222. The number of benzene rings is 2. The molecule has 0 bridgehead atoms. The number of anilines is 1. The summed E-state index contributed by atoms with van der Waals surface area (Å²) < 4.78 is 40.6. The van der Waals surface area contributed by atoms with Gasteiger partial charge in [-0.25, -0.2) is 18.0 Å². The summed E-state index contributed by atoms with van der Waals surface area (Å²) in [4.78, 5) is 25.4. The largest absolute Gasteiger partial charge is 0.348 e. The summed E-state index contributed by atoms with van der Waals surface area (Å²) in [6, 6.07) is 6.15. The zero-order valence-corrected chi connectivity index (χ0v) is 13.9. The van der Waals surface area contributed by atoms with Crippen LogP contribution in [0.3, 0.4) is 0 Å². The van der Waals surface area contributed by atoms with E-state index in [4.69, 9.17) is 0 Å². The first kappa shape index (κ1) is 17.8. The Kier molecular flexibility index (Phi) is 4.83. The molecule has 2 aromatic carbocycles. The molecular formula is C18H16F3N3O2. The van der Waals surface area contributed by atoms with Crippen LogP contribution in [-0.2, 0) is 11.3 Å². The summed E-state index contributed by atoms with van der Waals surface area (Å²) in [5.74, 6) is -2.51. The second-order valence-corrected chi connectivity index (χ2v) is 6.01. The van der Waals surface area contributed by atoms with Gasteiger partial charge >= 0.3 is 6.03 Å². The number of carbonyl (C=O) groups is 2. The lowest BCUT2D eigenvalue weighted by molar-refractivity contribution is -0.122. The van der Waals surface area contributed by atoms with Gasteiger partial charge in [0.25, 0.3) is 0 Å². The van der Waals surface area contributed by atoms with Gasteiger partial charge in [0, 0.05) is 17.2 Å². The first-order valence-electron chi connectivity index (χ1n) is 7.93. The van der Waals surface area contributed by atoms with Gasteiger partial charge in [-0.3, -0.25) is 4.79 Å². The van der Waals surface area contributed by atoms with Crippen molar-refractivity contribution in [3.05, 3.63) is 65.0 Å². The average molecular weight is 363 g/mol. The van der Waals surface area contributed by atoms with Gasteiger partial charge < -0.3 is 15.5 Å². The molecule has 26 heavy (non-hydrogen) atoms. The van der Waals surface area contributed by atoms with E-state index < -0.39 is 35.4 Å². The predicted molar refractivity (Wildman–Crippen MR) is 88.7 cm³/mol. The molecule has 0 aliphatic carbocycles. The normalized spacial score (nSPS) is 14.5. The number of carbonyl (C=O) groups excluding carboxylic acids is 2. The SMILES string of the molecule is C[C@H](NC(=O)CN1Cc2c(F)cccc2NC1=O)c1ccc(F)cc1F. The van der Waals surface area contributed by atoms with Crippen LogP contribution in [0.25, 0.3) is 0 Å². The van der Waals surface area contributed by atoms with Crippen LogP contribution in [0.2, 0.25) is 0 Å². The molecule has 0 unspecified atom stereocenters. The third kappa shape index (κ3) is 3.63. The average Bonchev–Trinajstić information content (AvgIpc) is 2.56. The maximum absolute atomic E-state index is 13.9. The molecule has 0 radical (unpaired) electrons. The summed E-state index contributed by atoms with van der Waals surface area (Å²) in [7, 11) is 0. The van der Waals surface area contributed by atoms with Gasteiger partial charge in [-0.15, -0.1) is 0 Å². The molecule has 0 saturated carbocycles. The molecule has 1 aliphatic rings. The number of urea groups is 1. The van der Waals surface area contributed by atoms with Gasteiger partial charge in [-0.1, -0.05) is 12.1 Å². The summed E-state index contributed by atoms with van der Waals surface area (Å²) >= 11 is 0. The summed E-state index contributed by atoms with van der Waals surface area (Å²) in [5, 5.41) is 5.07. The maximum Gasteiger partial charge on any atom is 0.322 e. The number of rotatable bonds is 4. The second-order valence-electron chi connectivity index (χ2n) is 6.01. The monoisotopic (exact) mass is 363 g/mol. The van der Waals surface area contributed by atoms with Crippen LogP contribution in [0.1, 0.15) is 24.1 Å². The Morgan fingerprint density at radius 1 is 1.23 bits per heavy atom. The lowest BCUT2D eigenvalue weighted by Gasteiger charge is -2.29. The van der Waals surface area contributed by atoms with Gasteiger partial charge in [-0.05, 0) is 25.1 Å². The van der Waals surface area contributed by atoms with Crippen molar-refractivity contribution in [1.29, 1.82) is 0 Å². The van der Waals surface area contributed by atoms with Crippen LogP contribution in [-0.4, -0.2) is 23.4 Å². The van der Waals surface area contributed by atoms with E-state index in [0.29, 0.717) is 5.69 Å². The molecular weight excluding hydrogens is 347 g/mol. The number of halogens is 3. The Morgan fingerprint density at radius 2 is 2.00 bits per heavy atom. The van der Waals surface area contributed by atoms with Gasteiger partial charge in [0.05, 0.1) is 18.3 Å². The van der Waals surface area contributed by atoms with E-state index in [9.17, 15) is 22.8 Å². The van der Waals surface area contributed by atoms with E-state index in [1.165, 1.54) is 18.2 Å². The first-order valence-corrected chi connectivity index (χ1v) is 7.93. The Bertz CT molecular complexity index is 873. The fourth-order valence-electron chi connectivity index (χ4n) is 2.81. The van der Waals surface area contributed by atoms with Gasteiger partial charge in [-0.2, -0.15) is 0 Å². The highest BCUT2D eigenvalue weighted by atomic mass is 19.1. The van der Waals surface area contributed by atoms with E-state index >= 15 is 0 Å². The van der Waals surface area contributed by atoms with Crippen LogP contribution in [0.4, 0.5) is 23.7 Å². The molecule has 5 nitrogen and oxygen atoms in total. The van der Waals surface area contributed by atoms with E-state index in [1.807, 2.05) is 0 Å². The fourth-order valence-corrected chi connectivity index (χ4v) is 2.81. The first-order chi connectivity index (χ1) is 12.3. The minimum absolute atomic E-state index is 0.0550. The maximum atomic E-state index is 13.9. The van der Waals surface area contributed by atoms with E-state index in [-0.39, 0.29) is 24.2 Å².